The summed E-state index contributed by atoms with van der Waals surface area (Å²) >= 11 is 0. The van der Waals surface area contributed by atoms with Crippen LogP contribution in [0.4, 0.5) is 4.39 Å². The lowest BCUT2D eigenvalue weighted by atomic mass is 9.90. The molecule has 0 N–H and O–H groups in total. The lowest BCUT2D eigenvalue weighted by Gasteiger charge is -2.22. The van der Waals surface area contributed by atoms with Crippen molar-refractivity contribution in [1.29, 1.82) is 0 Å². The molecule has 4 heteroatoms. The molecule has 0 bridgehead atoms. The Hall–Kier alpha value is -1.54. The molecule has 0 radical (unpaired) electrons. The molecular formula is C10H12FN3. The van der Waals surface area contributed by atoms with Gasteiger partial charge in [-0.05, 0) is 36.6 Å². The highest BCUT2D eigenvalue weighted by Crippen LogP contribution is 2.29. The van der Waals surface area contributed by atoms with Crippen molar-refractivity contribution in [1.82, 2.24) is 0 Å². The molecule has 0 spiro atoms. The number of azide groups is 1. The van der Waals surface area contributed by atoms with Crippen molar-refractivity contribution >= 4 is 0 Å². The molecule has 0 heterocycles. The van der Waals surface area contributed by atoms with Crippen LogP contribution in [0.2, 0.25) is 0 Å². The standard InChI is InChI=1S/C10H12FN3/c1-3-10(2,13-14-12)8-4-6-9(11)7-5-8/h4-7H,3H2,1-2H3/t10-/m0/s1. The van der Waals surface area contributed by atoms with E-state index in [2.05, 4.69) is 10.0 Å². The maximum atomic E-state index is 12.7. The number of halogens is 1. The molecule has 0 saturated heterocycles. The second-order valence-corrected chi connectivity index (χ2v) is 3.32. The Labute approximate surface area is 82.2 Å². The maximum Gasteiger partial charge on any atom is 0.123 e. The van der Waals surface area contributed by atoms with E-state index < -0.39 is 5.54 Å². The fraction of sp³-hybridized carbons (Fsp3) is 0.400. The second kappa shape index (κ2) is 4.11. The van der Waals surface area contributed by atoms with Crippen molar-refractivity contribution in [2.45, 2.75) is 25.8 Å². The molecular weight excluding hydrogens is 181 g/mol. The normalized spacial score (nSPS) is 14.2. The van der Waals surface area contributed by atoms with E-state index in [-0.39, 0.29) is 5.82 Å². The summed E-state index contributed by atoms with van der Waals surface area (Å²) in [5, 5.41) is 3.73. The van der Waals surface area contributed by atoms with Crippen LogP contribution in [0.5, 0.6) is 0 Å². The summed E-state index contributed by atoms with van der Waals surface area (Å²) in [6.07, 6.45) is 0.683. The molecule has 1 rings (SSSR count). The van der Waals surface area contributed by atoms with Gasteiger partial charge in [0.25, 0.3) is 0 Å². The Kier molecular flexibility index (Phi) is 3.10. The molecule has 0 saturated carbocycles. The summed E-state index contributed by atoms with van der Waals surface area (Å²) in [6, 6.07) is 6.04. The van der Waals surface area contributed by atoms with E-state index in [1.807, 2.05) is 13.8 Å². The average Bonchev–Trinajstić information content (AvgIpc) is 2.19. The molecule has 3 nitrogen and oxygen atoms in total. The molecule has 0 amide bonds. The van der Waals surface area contributed by atoms with Crippen LogP contribution in [0, 0.1) is 5.82 Å². The minimum Gasteiger partial charge on any atom is -0.207 e. The number of benzene rings is 1. The van der Waals surface area contributed by atoms with Crippen LogP contribution in [0.3, 0.4) is 0 Å². The highest BCUT2D eigenvalue weighted by molar-refractivity contribution is 5.24. The summed E-state index contributed by atoms with van der Waals surface area (Å²) in [5.74, 6) is -0.284. The largest absolute Gasteiger partial charge is 0.207 e. The van der Waals surface area contributed by atoms with E-state index in [1.54, 1.807) is 12.1 Å². The average molecular weight is 193 g/mol. The third-order valence-electron chi connectivity index (χ3n) is 2.42. The van der Waals surface area contributed by atoms with E-state index in [0.29, 0.717) is 6.42 Å². The first kappa shape index (κ1) is 10.5. The smallest absolute Gasteiger partial charge is 0.123 e. The fourth-order valence-corrected chi connectivity index (χ4v) is 1.24. The first-order valence-corrected chi connectivity index (χ1v) is 4.44. The van der Waals surface area contributed by atoms with Gasteiger partial charge < -0.3 is 0 Å². The first-order valence-electron chi connectivity index (χ1n) is 4.44. The zero-order valence-electron chi connectivity index (χ0n) is 8.24. The number of hydrogen-bond donors (Lipinski definition) is 0. The van der Waals surface area contributed by atoms with Crippen LogP contribution in [0.1, 0.15) is 25.8 Å². The SMILES string of the molecule is CC[C@](C)(N=[N+]=[N-])c1ccc(F)cc1. The number of rotatable bonds is 3. The van der Waals surface area contributed by atoms with Gasteiger partial charge in [0.2, 0.25) is 0 Å². The van der Waals surface area contributed by atoms with E-state index in [0.717, 1.165) is 5.56 Å². The number of hydrogen-bond acceptors (Lipinski definition) is 1. The van der Waals surface area contributed by atoms with Crippen molar-refractivity contribution in [2.75, 3.05) is 0 Å². The van der Waals surface area contributed by atoms with Gasteiger partial charge in [0, 0.05) is 4.91 Å². The van der Waals surface area contributed by atoms with E-state index in [1.165, 1.54) is 12.1 Å². The van der Waals surface area contributed by atoms with Gasteiger partial charge in [0.1, 0.15) is 5.82 Å². The van der Waals surface area contributed by atoms with Crippen LogP contribution in [-0.2, 0) is 5.54 Å². The van der Waals surface area contributed by atoms with Gasteiger partial charge in [0.15, 0.2) is 0 Å². The third-order valence-corrected chi connectivity index (χ3v) is 2.42. The molecule has 74 valence electrons. The molecule has 1 aromatic carbocycles. The summed E-state index contributed by atoms with van der Waals surface area (Å²) in [5.41, 5.74) is 8.68. The van der Waals surface area contributed by atoms with Gasteiger partial charge in [-0.15, -0.1) is 0 Å². The lowest BCUT2D eigenvalue weighted by molar-refractivity contribution is 0.472. The zero-order chi connectivity index (χ0) is 10.6. The van der Waals surface area contributed by atoms with Crippen LogP contribution in [0.15, 0.2) is 29.4 Å². The van der Waals surface area contributed by atoms with Crippen molar-refractivity contribution in [3.63, 3.8) is 0 Å². The Balaban J connectivity index is 3.12. The molecule has 0 aliphatic carbocycles. The summed E-state index contributed by atoms with van der Waals surface area (Å²) in [4.78, 5) is 2.81. The maximum absolute atomic E-state index is 12.7. The predicted octanol–water partition coefficient (Wildman–Crippen LogP) is 3.76. The van der Waals surface area contributed by atoms with Gasteiger partial charge in [-0.2, -0.15) is 0 Å². The topological polar surface area (TPSA) is 48.8 Å². The highest BCUT2D eigenvalue weighted by atomic mass is 19.1. The van der Waals surface area contributed by atoms with E-state index >= 15 is 0 Å². The van der Waals surface area contributed by atoms with Crippen molar-refractivity contribution in [3.8, 4) is 0 Å². The number of nitrogens with zero attached hydrogens (tertiary/aromatic N) is 3. The van der Waals surface area contributed by atoms with Crippen LogP contribution in [-0.4, -0.2) is 0 Å². The molecule has 1 atom stereocenters. The molecule has 0 aliphatic heterocycles. The first-order chi connectivity index (χ1) is 6.62. The molecule has 0 aromatic heterocycles. The van der Waals surface area contributed by atoms with Crippen LogP contribution >= 0.6 is 0 Å². The summed E-state index contributed by atoms with van der Waals surface area (Å²) in [6.45, 7) is 3.76. The summed E-state index contributed by atoms with van der Waals surface area (Å²) < 4.78 is 12.7. The van der Waals surface area contributed by atoms with Gasteiger partial charge in [-0.3, -0.25) is 0 Å². The molecule has 0 fully saturated rings. The highest BCUT2D eigenvalue weighted by Gasteiger charge is 2.22. The fourth-order valence-electron chi connectivity index (χ4n) is 1.24. The second-order valence-electron chi connectivity index (χ2n) is 3.32. The van der Waals surface area contributed by atoms with Crippen molar-refractivity contribution in [3.05, 3.63) is 46.1 Å². The van der Waals surface area contributed by atoms with E-state index in [9.17, 15) is 4.39 Å². The minimum absolute atomic E-state index is 0.284. The van der Waals surface area contributed by atoms with E-state index in [4.69, 9.17) is 5.53 Å². The van der Waals surface area contributed by atoms with Crippen molar-refractivity contribution in [2.24, 2.45) is 5.11 Å². The van der Waals surface area contributed by atoms with Gasteiger partial charge in [-0.25, -0.2) is 4.39 Å². The van der Waals surface area contributed by atoms with Gasteiger partial charge in [-0.1, -0.05) is 24.2 Å². The Bertz CT molecular complexity index is 354. The summed E-state index contributed by atoms with van der Waals surface area (Å²) in [7, 11) is 0. The molecule has 14 heavy (non-hydrogen) atoms. The van der Waals surface area contributed by atoms with Crippen LogP contribution < -0.4 is 0 Å². The predicted molar refractivity (Wildman–Crippen MR) is 53.2 cm³/mol. The van der Waals surface area contributed by atoms with Gasteiger partial charge >= 0.3 is 0 Å². The minimum atomic E-state index is -0.581. The quantitative estimate of drug-likeness (QED) is 0.398. The van der Waals surface area contributed by atoms with Crippen molar-refractivity contribution < 1.29 is 4.39 Å². The Morgan fingerprint density at radius 3 is 2.43 bits per heavy atom. The zero-order valence-corrected chi connectivity index (χ0v) is 8.24. The molecule has 0 aliphatic rings. The molecule has 1 aromatic rings. The van der Waals surface area contributed by atoms with Crippen LogP contribution in [0.25, 0.3) is 10.4 Å². The van der Waals surface area contributed by atoms with Gasteiger partial charge in [0.05, 0.1) is 5.54 Å². The monoisotopic (exact) mass is 193 g/mol. The molecule has 0 unspecified atom stereocenters. The lowest BCUT2D eigenvalue weighted by Crippen LogP contribution is -2.16. The Morgan fingerprint density at radius 1 is 1.43 bits per heavy atom. The Morgan fingerprint density at radius 2 is 2.00 bits per heavy atom. The third kappa shape index (κ3) is 2.03.